The third kappa shape index (κ3) is 5.03. The minimum atomic E-state index is -0.983. The predicted octanol–water partition coefficient (Wildman–Crippen LogP) is 2.64. The molecule has 0 bridgehead atoms. The second-order valence-electron chi connectivity index (χ2n) is 6.03. The molecule has 0 heterocycles. The van der Waals surface area contributed by atoms with Crippen molar-refractivity contribution in [2.75, 3.05) is 6.54 Å². The number of aliphatic carboxylic acids is 1. The van der Waals surface area contributed by atoms with Crippen molar-refractivity contribution in [1.82, 2.24) is 4.90 Å². The Labute approximate surface area is 120 Å². The molecule has 0 aromatic heterocycles. The van der Waals surface area contributed by atoms with Gasteiger partial charge in [-0.2, -0.15) is 0 Å². The number of hydrogen-bond donors (Lipinski definition) is 1. The van der Waals surface area contributed by atoms with Crippen LogP contribution in [0.1, 0.15) is 38.3 Å². The summed E-state index contributed by atoms with van der Waals surface area (Å²) in [5.41, 5.74) is 1.79. The van der Waals surface area contributed by atoms with Crippen LogP contribution in [0.2, 0.25) is 0 Å². The number of carbonyl (C=O) groups is 2. The van der Waals surface area contributed by atoms with Crippen molar-refractivity contribution >= 4 is 11.9 Å². The van der Waals surface area contributed by atoms with Crippen molar-refractivity contribution in [3.63, 3.8) is 0 Å². The van der Waals surface area contributed by atoms with E-state index in [0.717, 1.165) is 5.56 Å². The number of aryl methyl sites for hydroxylation is 2. The zero-order valence-corrected chi connectivity index (χ0v) is 12.6. The fourth-order valence-electron chi connectivity index (χ4n) is 1.98. The van der Waals surface area contributed by atoms with E-state index in [4.69, 9.17) is 5.11 Å². The van der Waals surface area contributed by atoms with Crippen molar-refractivity contribution in [2.45, 2.75) is 46.1 Å². The third-order valence-corrected chi connectivity index (χ3v) is 3.15. The Bertz CT molecular complexity index is 471. The van der Waals surface area contributed by atoms with Crippen molar-refractivity contribution in [3.8, 4) is 0 Å². The number of nitrogens with zero attached hydrogens (tertiary/aromatic N) is 1. The first-order chi connectivity index (χ1) is 9.20. The number of carboxylic acid groups (broad SMARTS) is 1. The molecule has 0 spiro atoms. The van der Waals surface area contributed by atoms with E-state index in [9.17, 15) is 9.59 Å². The van der Waals surface area contributed by atoms with E-state index in [2.05, 4.69) is 0 Å². The number of benzene rings is 1. The molecular weight excluding hydrogens is 254 g/mol. The number of hydrogen-bond acceptors (Lipinski definition) is 2. The van der Waals surface area contributed by atoms with Gasteiger partial charge in [-0.3, -0.25) is 9.59 Å². The molecule has 0 saturated heterocycles. The highest BCUT2D eigenvalue weighted by Crippen LogP contribution is 2.16. The monoisotopic (exact) mass is 277 g/mol. The van der Waals surface area contributed by atoms with Gasteiger partial charge in [0.1, 0.15) is 6.54 Å². The molecule has 1 amide bonds. The van der Waals surface area contributed by atoms with Crippen LogP contribution in [0.15, 0.2) is 24.3 Å². The van der Waals surface area contributed by atoms with Crippen LogP contribution in [-0.2, 0) is 16.0 Å². The Morgan fingerprint density at radius 1 is 1.15 bits per heavy atom. The standard InChI is InChI=1S/C16H23NO3/c1-12-5-7-13(8-6-12)9-10-14(18)17(11-15(19)20)16(2,3)4/h5-8H,9-11H2,1-4H3,(H,19,20). The zero-order valence-electron chi connectivity index (χ0n) is 12.6. The van der Waals surface area contributed by atoms with Crippen LogP contribution in [0.3, 0.4) is 0 Å². The molecule has 0 atom stereocenters. The third-order valence-electron chi connectivity index (χ3n) is 3.15. The highest BCUT2D eigenvalue weighted by Gasteiger charge is 2.27. The lowest BCUT2D eigenvalue weighted by molar-refractivity contribution is -0.148. The van der Waals surface area contributed by atoms with Gasteiger partial charge in [0.15, 0.2) is 0 Å². The molecule has 4 heteroatoms. The van der Waals surface area contributed by atoms with Gasteiger partial charge in [-0.05, 0) is 39.7 Å². The van der Waals surface area contributed by atoms with Gasteiger partial charge in [0.25, 0.3) is 0 Å². The maximum atomic E-state index is 12.2. The Morgan fingerprint density at radius 3 is 2.15 bits per heavy atom. The van der Waals surface area contributed by atoms with E-state index in [0.29, 0.717) is 12.8 Å². The summed E-state index contributed by atoms with van der Waals surface area (Å²) in [5, 5.41) is 8.92. The topological polar surface area (TPSA) is 57.6 Å². The molecule has 0 aliphatic rings. The van der Waals surface area contributed by atoms with Crippen LogP contribution < -0.4 is 0 Å². The van der Waals surface area contributed by atoms with Crippen LogP contribution in [0.4, 0.5) is 0 Å². The van der Waals surface area contributed by atoms with Gasteiger partial charge in [-0.1, -0.05) is 29.8 Å². The number of carboxylic acids is 1. The lowest BCUT2D eigenvalue weighted by atomic mass is 10.0. The van der Waals surface area contributed by atoms with Crippen LogP contribution >= 0.6 is 0 Å². The largest absolute Gasteiger partial charge is 0.480 e. The summed E-state index contributed by atoms with van der Waals surface area (Å²) in [4.78, 5) is 24.5. The first kappa shape index (κ1) is 16.2. The van der Waals surface area contributed by atoms with Crippen LogP contribution in [0.25, 0.3) is 0 Å². The molecule has 1 rings (SSSR count). The second kappa shape index (κ2) is 6.55. The van der Waals surface area contributed by atoms with Gasteiger partial charge in [0, 0.05) is 12.0 Å². The minimum absolute atomic E-state index is 0.125. The molecule has 20 heavy (non-hydrogen) atoms. The molecule has 0 saturated carbocycles. The minimum Gasteiger partial charge on any atom is -0.480 e. The molecule has 0 aliphatic heterocycles. The van der Waals surface area contributed by atoms with Gasteiger partial charge in [-0.25, -0.2) is 0 Å². The van der Waals surface area contributed by atoms with Crippen LogP contribution in [0, 0.1) is 6.92 Å². The first-order valence-electron chi connectivity index (χ1n) is 6.78. The highest BCUT2D eigenvalue weighted by atomic mass is 16.4. The maximum absolute atomic E-state index is 12.2. The lowest BCUT2D eigenvalue weighted by Gasteiger charge is -2.34. The zero-order chi connectivity index (χ0) is 15.3. The van der Waals surface area contributed by atoms with Crippen molar-refractivity contribution in [2.24, 2.45) is 0 Å². The fourth-order valence-corrected chi connectivity index (χ4v) is 1.98. The normalized spacial score (nSPS) is 11.2. The summed E-state index contributed by atoms with van der Waals surface area (Å²) < 4.78 is 0. The van der Waals surface area contributed by atoms with Gasteiger partial charge in [0.05, 0.1) is 0 Å². The number of amides is 1. The molecule has 1 aromatic rings. The smallest absolute Gasteiger partial charge is 0.323 e. The van der Waals surface area contributed by atoms with E-state index in [-0.39, 0.29) is 12.5 Å². The van der Waals surface area contributed by atoms with E-state index in [1.54, 1.807) is 0 Å². The molecule has 0 fully saturated rings. The summed E-state index contributed by atoms with van der Waals surface area (Å²) in [6.45, 7) is 7.30. The average molecular weight is 277 g/mol. The number of carbonyl (C=O) groups excluding carboxylic acids is 1. The SMILES string of the molecule is Cc1ccc(CCC(=O)N(CC(=O)O)C(C)(C)C)cc1. The maximum Gasteiger partial charge on any atom is 0.323 e. The van der Waals surface area contributed by atoms with E-state index >= 15 is 0 Å². The summed E-state index contributed by atoms with van der Waals surface area (Å²) >= 11 is 0. The van der Waals surface area contributed by atoms with Gasteiger partial charge < -0.3 is 10.0 Å². The van der Waals surface area contributed by atoms with Crippen LogP contribution in [-0.4, -0.2) is 34.0 Å². The fraction of sp³-hybridized carbons (Fsp3) is 0.500. The van der Waals surface area contributed by atoms with Gasteiger partial charge in [0.2, 0.25) is 5.91 Å². The number of rotatable bonds is 5. The van der Waals surface area contributed by atoms with Crippen molar-refractivity contribution in [3.05, 3.63) is 35.4 Å². The lowest BCUT2D eigenvalue weighted by Crippen LogP contribution is -2.48. The van der Waals surface area contributed by atoms with E-state index < -0.39 is 11.5 Å². The Hall–Kier alpha value is -1.84. The molecule has 1 N–H and O–H groups in total. The summed E-state index contributed by atoms with van der Waals surface area (Å²) in [6, 6.07) is 8.03. The van der Waals surface area contributed by atoms with E-state index in [1.165, 1.54) is 10.5 Å². The van der Waals surface area contributed by atoms with Gasteiger partial charge in [-0.15, -0.1) is 0 Å². The van der Waals surface area contributed by atoms with E-state index in [1.807, 2.05) is 52.0 Å². The molecule has 0 aliphatic carbocycles. The Balaban J connectivity index is 2.67. The first-order valence-corrected chi connectivity index (χ1v) is 6.78. The summed E-state index contributed by atoms with van der Waals surface area (Å²) in [5.74, 6) is -1.11. The Morgan fingerprint density at radius 2 is 1.70 bits per heavy atom. The highest BCUT2D eigenvalue weighted by molar-refractivity contribution is 5.82. The molecule has 1 aromatic carbocycles. The predicted molar refractivity (Wildman–Crippen MR) is 78.6 cm³/mol. The molecular formula is C16H23NO3. The molecule has 0 radical (unpaired) electrons. The van der Waals surface area contributed by atoms with Gasteiger partial charge >= 0.3 is 5.97 Å². The Kier molecular flexibility index (Phi) is 5.31. The average Bonchev–Trinajstić information content (AvgIpc) is 2.33. The van der Waals surface area contributed by atoms with Crippen LogP contribution in [0.5, 0.6) is 0 Å². The van der Waals surface area contributed by atoms with Crippen molar-refractivity contribution in [1.29, 1.82) is 0 Å². The summed E-state index contributed by atoms with van der Waals surface area (Å²) in [6.07, 6.45) is 0.957. The molecule has 4 nitrogen and oxygen atoms in total. The van der Waals surface area contributed by atoms with Crippen molar-refractivity contribution < 1.29 is 14.7 Å². The molecule has 0 unspecified atom stereocenters. The summed E-state index contributed by atoms with van der Waals surface area (Å²) in [7, 11) is 0. The second-order valence-corrected chi connectivity index (χ2v) is 6.03. The quantitative estimate of drug-likeness (QED) is 0.900. The molecule has 110 valence electrons.